The Balaban J connectivity index is 1.31. The average Bonchev–Trinajstić information content (AvgIpc) is 3.45. The Morgan fingerprint density at radius 2 is 1.52 bits per heavy atom. The first kappa shape index (κ1) is 44.0. The van der Waals surface area contributed by atoms with Gasteiger partial charge in [0.05, 0.1) is 17.9 Å². The summed E-state index contributed by atoms with van der Waals surface area (Å²) in [6.07, 6.45) is 5.72. The van der Waals surface area contributed by atoms with Gasteiger partial charge in [-0.05, 0) is 116 Å². The number of carboxylic acids is 1. The number of aliphatic hydroxyl groups is 1. The molecule has 4 saturated carbocycles. The molecule has 1 aromatic carbocycles. The van der Waals surface area contributed by atoms with E-state index in [4.69, 9.17) is 4.74 Å². The maximum Gasteiger partial charge on any atom is 0.312 e. The Hall–Kier alpha value is -3.53. The maximum absolute atomic E-state index is 14.3. The van der Waals surface area contributed by atoms with Gasteiger partial charge in [-0.2, -0.15) is 0 Å². The minimum atomic E-state index is -1.20. The van der Waals surface area contributed by atoms with Crippen molar-refractivity contribution in [1.29, 1.82) is 0 Å². The summed E-state index contributed by atoms with van der Waals surface area (Å²) in [5, 5.41) is 22.2. The minimum absolute atomic E-state index is 0.0141. The zero-order chi connectivity index (χ0) is 43.0. The van der Waals surface area contributed by atoms with Crippen molar-refractivity contribution >= 4 is 29.5 Å². The fraction of sp³-hybridized carbons (Fsp3) is 0.729. The van der Waals surface area contributed by atoms with Crippen molar-refractivity contribution in [3.05, 3.63) is 47.0 Å². The number of aliphatic carboxylic acids is 1. The number of nitrogens with zero attached hydrogens (tertiary/aromatic N) is 2. The molecule has 1 unspecified atom stereocenters. The van der Waals surface area contributed by atoms with Gasteiger partial charge in [0.1, 0.15) is 6.10 Å². The van der Waals surface area contributed by atoms with E-state index in [2.05, 4.69) is 48.5 Å². The third-order valence-electron chi connectivity index (χ3n) is 17.0. The number of ketones is 1. The number of benzene rings is 1. The minimum Gasteiger partial charge on any atom is -0.481 e. The number of amides is 2. The third kappa shape index (κ3) is 6.95. The van der Waals surface area contributed by atoms with E-state index in [9.17, 15) is 34.2 Å². The van der Waals surface area contributed by atoms with Crippen molar-refractivity contribution in [3.8, 4) is 0 Å². The van der Waals surface area contributed by atoms with Crippen molar-refractivity contribution in [2.75, 3.05) is 20.6 Å². The molecular formula is C48H70N2O8. The quantitative estimate of drug-likeness (QED) is 0.180. The lowest BCUT2D eigenvalue weighted by atomic mass is 9.33. The molecule has 10 nitrogen and oxygen atoms in total. The van der Waals surface area contributed by atoms with Crippen LogP contribution in [0.25, 0.3) is 0 Å². The van der Waals surface area contributed by atoms with Crippen LogP contribution in [0.1, 0.15) is 132 Å². The van der Waals surface area contributed by atoms with Gasteiger partial charge in [-0.1, -0.05) is 84.4 Å². The van der Waals surface area contributed by atoms with Crippen LogP contribution in [-0.4, -0.2) is 82.4 Å². The normalized spacial score (nSPS) is 34.6. The Labute approximate surface area is 346 Å². The number of ether oxygens (including phenoxy) is 1. The van der Waals surface area contributed by atoms with Crippen molar-refractivity contribution in [3.63, 3.8) is 0 Å². The van der Waals surface area contributed by atoms with Crippen molar-refractivity contribution in [1.82, 2.24) is 9.80 Å². The summed E-state index contributed by atoms with van der Waals surface area (Å²) in [6.45, 7) is 19.3. The molecule has 320 valence electrons. The van der Waals surface area contributed by atoms with E-state index in [0.29, 0.717) is 18.3 Å². The van der Waals surface area contributed by atoms with E-state index in [-0.39, 0.29) is 71.3 Å². The first-order valence-corrected chi connectivity index (χ1v) is 21.8. The third-order valence-corrected chi connectivity index (χ3v) is 17.0. The molecule has 10 heteroatoms. The number of fused-ring (bicyclic) bond motifs is 7. The van der Waals surface area contributed by atoms with E-state index >= 15 is 0 Å². The molecule has 5 aliphatic carbocycles. The maximum atomic E-state index is 14.3. The number of aliphatic hydroxyl groups excluding tert-OH is 1. The second-order valence-electron chi connectivity index (χ2n) is 21.4. The van der Waals surface area contributed by atoms with Crippen LogP contribution in [0.2, 0.25) is 0 Å². The molecule has 2 N–H and O–H groups in total. The monoisotopic (exact) mass is 803 g/mol. The predicted octanol–water partition coefficient (Wildman–Crippen LogP) is 7.86. The molecule has 6 rings (SSSR count). The molecule has 5 aliphatic rings. The SMILES string of the molecule is CC(C)C1=C2[C@H]3CC[C@@H]4[C@@]5(C)CC[C@H](OC(=O)CC(C)(C)C(=O)O)C(C)(C)[C@@H]5CC[C@@]4(C)[C@]3(C)CCC2([C@@H](O)CN(Cc2ccccc2)C(=O)C(=O)N(C)C)CC1=O. The molecule has 4 fully saturated rings. The van der Waals surface area contributed by atoms with Gasteiger partial charge in [0.15, 0.2) is 5.78 Å². The lowest BCUT2D eigenvalue weighted by Crippen LogP contribution is -2.66. The molecule has 1 aromatic rings. The summed E-state index contributed by atoms with van der Waals surface area (Å²) >= 11 is 0. The highest BCUT2D eigenvalue weighted by Gasteiger charge is 2.71. The van der Waals surface area contributed by atoms with Gasteiger partial charge >= 0.3 is 23.8 Å². The van der Waals surface area contributed by atoms with Crippen LogP contribution in [0.15, 0.2) is 41.5 Å². The highest BCUT2D eigenvalue weighted by Crippen LogP contribution is 2.77. The molecule has 0 aromatic heterocycles. The number of rotatable bonds is 10. The molecule has 0 spiro atoms. The number of Topliss-reactive ketones (excluding diaryl/α,β-unsaturated/α-hetero) is 1. The molecule has 58 heavy (non-hydrogen) atoms. The highest BCUT2D eigenvalue weighted by atomic mass is 16.5. The Morgan fingerprint density at radius 3 is 2.12 bits per heavy atom. The fourth-order valence-corrected chi connectivity index (χ4v) is 13.6. The van der Waals surface area contributed by atoms with Gasteiger partial charge < -0.3 is 24.7 Å². The van der Waals surface area contributed by atoms with Crippen LogP contribution in [0, 0.1) is 56.2 Å². The number of likely N-dealkylation sites (N-methyl/N-ethyl adjacent to an activating group) is 1. The number of hydrogen-bond donors (Lipinski definition) is 2. The molecule has 0 bridgehead atoms. The largest absolute Gasteiger partial charge is 0.481 e. The lowest BCUT2D eigenvalue weighted by molar-refractivity contribution is -0.235. The topological polar surface area (TPSA) is 142 Å². The molecule has 2 amide bonds. The van der Waals surface area contributed by atoms with Gasteiger partial charge in [-0.3, -0.25) is 24.0 Å². The predicted molar refractivity (Wildman–Crippen MR) is 222 cm³/mol. The summed E-state index contributed by atoms with van der Waals surface area (Å²) in [5.74, 6) is -1.91. The van der Waals surface area contributed by atoms with Crippen molar-refractivity contribution in [2.24, 2.45) is 56.2 Å². The lowest BCUT2D eigenvalue weighted by Gasteiger charge is -2.72. The van der Waals surface area contributed by atoms with Crippen LogP contribution in [0.4, 0.5) is 0 Å². The van der Waals surface area contributed by atoms with Crippen LogP contribution in [-0.2, 0) is 35.3 Å². The summed E-state index contributed by atoms with van der Waals surface area (Å²) < 4.78 is 6.17. The number of carbonyl (C=O) groups excluding carboxylic acids is 4. The summed E-state index contributed by atoms with van der Waals surface area (Å²) in [7, 11) is 3.11. The number of carbonyl (C=O) groups is 5. The number of esters is 1. The van der Waals surface area contributed by atoms with Gasteiger partial charge in [0, 0.05) is 44.4 Å². The van der Waals surface area contributed by atoms with E-state index < -0.39 is 40.7 Å². The van der Waals surface area contributed by atoms with E-state index in [1.165, 1.54) is 9.80 Å². The molecule has 9 atom stereocenters. The first-order valence-electron chi connectivity index (χ1n) is 21.8. The smallest absolute Gasteiger partial charge is 0.312 e. The zero-order valence-electron chi connectivity index (χ0n) is 37.1. The van der Waals surface area contributed by atoms with Crippen molar-refractivity contribution < 1.29 is 38.9 Å². The molecular weight excluding hydrogens is 733 g/mol. The summed E-state index contributed by atoms with van der Waals surface area (Å²) in [6, 6.07) is 9.52. The Bertz CT molecular complexity index is 1850. The second kappa shape index (κ2) is 15.2. The standard InChI is InChI=1S/C48H70N2O8/c1-29(2)38-32(51)25-48(35(52)28-50(41(55)40(54)49(10)11)27-30-15-13-12-14-16-30)24-23-46(8)31(39(38)48)17-18-34-45(7)21-20-36(58-37(53)26-43(3,4)42(56)57)44(5,6)33(45)19-22-47(34,46)9/h12-16,29,31,33-36,52H,17-28H2,1-11H3,(H,56,57)/t31-,33+,34-,35+,36+,45+,46-,47-,48?/m1/s1. The summed E-state index contributed by atoms with van der Waals surface area (Å²) in [5.41, 5.74) is 0.295. The second-order valence-corrected chi connectivity index (χ2v) is 21.4. The fourth-order valence-electron chi connectivity index (χ4n) is 13.6. The van der Waals surface area contributed by atoms with Gasteiger partial charge in [0.25, 0.3) is 0 Å². The van der Waals surface area contributed by atoms with E-state index in [1.54, 1.807) is 27.9 Å². The van der Waals surface area contributed by atoms with Gasteiger partial charge in [-0.15, -0.1) is 0 Å². The van der Waals surface area contributed by atoms with E-state index in [1.807, 2.05) is 30.3 Å². The molecule has 0 saturated heterocycles. The number of hydrogen-bond acceptors (Lipinski definition) is 7. The average molecular weight is 803 g/mol. The Morgan fingerprint density at radius 1 is 0.862 bits per heavy atom. The molecule has 0 radical (unpaired) electrons. The van der Waals surface area contributed by atoms with Crippen molar-refractivity contribution in [2.45, 2.75) is 145 Å². The zero-order valence-corrected chi connectivity index (χ0v) is 37.1. The van der Waals surface area contributed by atoms with Crippen LogP contribution in [0.5, 0.6) is 0 Å². The van der Waals surface area contributed by atoms with Crippen LogP contribution < -0.4 is 0 Å². The van der Waals surface area contributed by atoms with Gasteiger partial charge in [-0.25, -0.2) is 0 Å². The van der Waals surface area contributed by atoms with Crippen LogP contribution >= 0.6 is 0 Å². The summed E-state index contributed by atoms with van der Waals surface area (Å²) in [4.78, 5) is 68.8. The van der Waals surface area contributed by atoms with E-state index in [0.717, 1.165) is 61.7 Å². The van der Waals surface area contributed by atoms with Crippen LogP contribution in [0.3, 0.4) is 0 Å². The molecule has 0 heterocycles. The highest BCUT2D eigenvalue weighted by molar-refractivity contribution is 6.34. The molecule has 0 aliphatic heterocycles. The number of allylic oxidation sites excluding steroid dienone is 1. The first-order chi connectivity index (χ1) is 26.9. The number of carboxylic acid groups (broad SMARTS) is 1. The Kier molecular flexibility index (Phi) is 11.5. The van der Waals surface area contributed by atoms with Gasteiger partial charge in [0.2, 0.25) is 0 Å².